The molecule has 0 unspecified atom stereocenters. The molecular weight excluding hydrogens is 278 g/mol. The fourth-order valence-corrected chi connectivity index (χ4v) is 2.98. The molecule has 1 saturated carbocycles. The summed E-state index contributed by atoms with van der Waals surface area (Å²) in [5.74, 6) is 2.09. The highest BCUT2D eigenvalue weighted by atomic mass is 16.5. The van der Waals surface area contributed by atoms with Crippen molar-refractivity contribution in [2.75, 3.05) is 13.7 Å². The molecule has 5 nitrogen and oxygen atoms in total. The number of nitrogens with two attached hydrogens (primary N) is 1. The highest BCUT2D eigenvalue weighted by molar-refractivity contribution is 5.75. The second-order valence-corrected chi connectivity index (χ2v) is 5.98. The Morgan fingerprint density at radius 2 is 2.00 bits per heavy atom. The van der Waals surface area contributed by atoms with Crippen LogP contribution in [-0.4, -0.2) is 29.7 Å². The number of hydrogen-bond donors (Lipinski definition) is 1. The van der Waals surface area contributed by atoms with E-state index in [0.29, 0.717) is 11.9 Å². The van der Waals surface area contributed by atoms with Crippen molar-refractivity contribution >= 4 is 11.0 Å². The fourth-order valence-electron chi connectivity index (χ4n) is 2.98. The summed E-state index contributed by atoms with van der Waals surface area (Å²) >= 11 is 0. The Bertz CT molecular complexity index is 624. The molecule has 0 spiro atoms. The van der Waals surface area contributed by atoms with Crippen LogP contribution < -0.4 is 15.2 Å². The lowest BCUT2D eigenvalue weighted by Gasteiger charge is -2.25. The van der Waals surface area contributed by atoms with Crippen molar-refractivity contribution in [2.24, 2.45) is 11.7 Å². The second-order valence-electron chi connectivity index (χ2n) is 5.98. The first-order valence-corrected chi connectivity index (χ1v) is 7.94. The van der Waals surface area contributed by atoms with Gasteiger partial charge in [0, 0.05) is 18.2 Å². The lowest BCUT2D eigenvalue weighted by atomic mass is 9.85. The molecule has 22 heavy (non-hydrogen) atoms. The van der Waals surface area contributed by atoms with Crippen LogP contribution in [0.2, 0.25) is 0 Å². The molecule has 2 N–H and O–H groups in total. The predicted octanol–water partition coefficient (Wildman–Crippen LogP) is 2.92. The lowest BCUT2D eigenvalue weighted by Crippen LogP contribution is -2.27. The van der Waals surface area contributed by atoms with Gasteiger partial charge in [-0.25, -0.2) is 4.98 Å². The molecule has 0 atom stereocenters. The average Bonchev–Trinajstić information content (AvgIpc) is 2.56. The first-order chi connectivity index (χ1) is 10.7. The Morgan fingerprint density at radius 1 is 1.18 bits per heavy atom. The van der Waals surface area contributed by atoms with E-state index in [1.165, 1.54) is 12.8 Å². The van der Waals surface area contributed by atoms with Gasteiger partial charge in [0.05, 0.1) is 30.9 Å². The van der Waals surface area contributed by atoms with Crippen LogP contribution in [0.3, 0.4) is 0 Å². The molecule has 2 aromatic heterocycles. The van der Waals surface area contributed by atoms with Crippen LogP contribution >= 0.6 is 0 Å². The quantitative estimate of drug-likeness (QED) is 0.919. The van der Waals surface area contributed by atoms with Crippen LogP contribution in [0.1, 0.15) is 32.1 Å². The molecule has 0 radical (unpaired) electrons. The Morgan fingerprint density at radius 3 is 2.77 bits per heavy atom. The number of methoxy groups -OCH3 is 1. The minimum absolute atomic E-state index is 0.405. The molecule has 2 aromatic rings. The third-order valence-electron chi connectivity index (χ3n) is 4.38. The molecule has 1 fully saturated rings. The number of aromatic nitrogens is 2. The zero-order valence-corrected chi connectivity index (χ0v) is 13.0. The van der Waals surface area contributed by atoms with Gasteiger partial charge in [0.25, 0.3) is 0 Å². The summed E-state index contributed by atoms with van der Waals surface area (Å²) in [6.45, 7) is 0.719. The van der Waals surface area contributed by atoms with Gasteiger partial charge < -0.3 is 15.2 Å². The number of fused-ring (bicyclic) bond motifs is 1. The molecule has 118 valence electrons. The number of ether oxygens (including phenoxy) is 2. The van der Waals surface area contributed by atoms with Gasteiger partial charge in [-0.2, -0.15) is 0 Å². The van der Waals surface area contributed by atoms with Crippen LogP contribution in [0.5, 0.6) is 11.6 Å². The molecule has 1 aliphatic carbocycles. The maximum absolute atomic E-state index is 5.94. The van der Waals surface area contributed by atoms with Crippen molar-refractivity contribution in [2.45, 2.75) is 38.1 Å². The van der Waals surface area contributed by atoms with Gasteiger partial charge in [-0.15, -0.1) is 0 Å². The lowest BCUT2D eigenvalue weighted by molar-refractivity contribution is 0.237. The SMILES string of the molecule is COc1ccc2ncc(OCCC3CCC(N)CC3)cc2n1. The zero-order chi connectivity index (χ0) is 15.4. The van der Waals surface area contributed by atoms with Gasteiger partial charge in [0.1, 0.15) is 5.75 Å². The summed E-state index contributed by atoms with van der Waals surface area (Å²) in [5.41, 5.74) is 7.57. The van der Waals surface area contributed by atoms with Crippen LogP contribution in [0.15, 0.2) is 24.4 Å². The smallest absolute Gasteiger partial charge is 0.213 e. The minimum atomic E-state index is 0.405. The third-order valence-corrected chi connectivity index (χ3v) is 4.38. The Hall–Kier alpha value is -1.88. The van der Waals surface area contributed by atoms with Crippen molar-refractivity contribution < 1.29 is 9.47 Å². The molecule has 0 aromatic carbocycles. The molecular formula is C17H23N3O2. The van der Waals surface area contributed by atoms with Gasteiger partial charge in [-0.05, 0) is 44.1 Å². The van der Waals surface area contributed by atoms with Gasteiger partial charge in [0.15, 0.2) is 0 Å². The normalized spacial score (nSPS) is 21.7. The van der Waals surface area contributed by atoms with Crippen LogP contribution in [0, 0.1) is 5.92 Å². The number of hydrogen-bond acceptors (Lipinski definition) is 5. The monoisotopic (exact) mass is 301 g/mol. The highest BCUT2D eigenvalue weighted by Gasteiger charge is 2.18. The van der Waals surface area contributed by atoms with E-state index in [9.17, 15) is 0 Å². The number of pyridine rings is 2. The molecule has 0 saturated heterocycles. The van der Waals surface area contributed by atoms with Crippen molar-refractivity contribution in [1.82, 2.24) is 9.97 Å². The maximum atomic E-state index is 5.94. The molecule has 1 aliphatic rings. The van der Waals surface area contributed by atoms with Gasteiger partial charge in [-0.1, -0.05) is 0 Å². The van der Waals surface area contributed by atoms with E-state index >= 15 is 0 Å². The number of nitrogens with zero attached hydrogens (tertiary/aromatic N) is 2. The minimum Gasteiger partial charge on any atom is -0.492 e. The zero-order valence-electron chi connectivity index (χ0n) is 13.0. The molecule has 5 heteroatoms. The van der Waals surface area contributed by atoms with Crippen molar-refractivity contribution in [1.29, 1.82) is 0 Å². The summed E-state index contributed by atoms with van der Waals surface area (Å²) in [5, 5.41) is 0. The van der Waals surface area contributed by atoms with E-state index in [-0.39, 0.29) is 0 Å². The van der Waals surface area contributed by atoms with Gasteiger partial charge in [0.2, 0.25) is 5.88 Å². The highest BCUT2D eigenvalue weighted by Crippen LogP contribution is 2.26. The van der Waals surface area contributed by atoms with Crippen LogP contribution in [-0.2, 0) is 0 Å². The van der Waals surface area contributed by atoms with E-state index in [2.05, 4.69) is 9.97 Å². The van der Waals surface area contributed by atoms with Gasteiger partial charge in [-0.3, -0.25) is 4.98 Å². The average molecular weight is 301 g/mol. The Kier molecular flexibility index (Phi) is 4.73. The standard InChI is InChI=1S/C17H23N3O2/c1-21-17-7-6-15-16(20-17)10-14(11-19-15)22-9-8-12-2-4-13(18)5-3-12/h6-7,10-13H,2-5,8-9,18H2,1H3. The third kappa shape index (κ3) is 3.65. The van der Waals surface area contributed by atoms with Crippen LogP contribution in [0.4, 0.5) is 0 Å². The second kappa shape index (κ2) is 6.92. The molecule has 0 amide bonds. The van der Waals surface area contributed by atoms with Crippen molar-refractivity contribution in [3.8, 4) is 11.6 Å². The summed E-state index contributed by atoms with van der Waals surface area (Å²) in [7, 11) is 1.61. The summed E-state index contributed by atoms with van der Waals surface area (Å²) in [6, 6.07) is 6.03. The van der Waals surface area contributed by atoms with Crippen molar-refractivity contribution in [3.05, 3.63) is 24.4 Å². The predicted molar refractivity (Wildman–Crippen MR) is 86.1 cm³/mol. The largest absolute Gasteiger partial charge is 0.492 e. The molecule has 0 aliphatic heterocycles. The molecule has 3 rings (SSSR count). The van der Waals surface area contributed by atoms with Crippen molar-refractivity contribution in [3.63, 3.8) is 0 Å². The van der Waals surface area contributed by atoms with E-state index in [4.69, 9.17) is 15.2 Å². The topological polar surface area (TPSA) is 70.3 Å². The Labute approximate surface area is 130 Å². The maximum Gasteiger partial charge on any atom is 0.213 e. The Balaban J connectivity index is 1.57. The summed E-state index contributed by atoms with van der Waals surface area (Å²) < 4.78 is 11.0. The van der Waals surface area contributed by atoms with E-state index < -0.39 is 0 Å². The first-order valence-electron chi connectivity index (χ1n) is 7.94. The first kappa shape index (κ1) is 15.0. The molecule has 0 bridgehead atoms. The van der Waals surface area contributed by atoms with E-state index in [1.54, 1.807) is 13.3 Å². The molecule has 2 heterocycles. The summed E-state index contributed by atoms with van der Waals surface area (Å²) in [4.78, 5) is 8.75. The van der Waals surface area contributed by atoms with Crippen LogP contribution in [0.25, 0.3) is 11.0 Å². The fraction of sp³-hybridized carbons (Fsp3) is 0.529. The van der Waals surface area contributed by atoms with Gasteiger partial charge >= 0.3 is 0 Å². The van der Waals surface area contributed by atoms with E-state index in [1.807, 2.05) is 18.2 Å². The number of rotatable bonds is 5. The van der Waals surface area contributed by atoms with E-state index in [0.717, 1.165) is 48.6 Å². The summed E-state index contributed by atoms with van der Waals surface area (Å²) in [6.07, 6.45) is 7.57.